The second-order valence-electron chi connectivity index (χ2n) is 3.49. The molecule has 0 fully saturated rings. The van der Waals surface area contributed by atoms with Crippen LogP contribution in [0.4, 0.5) is 5.69 Å². The first-order valence-corrected chi connectivity index (χ1v) is 5.58. The minimum atomic E-state index is -0.935. The summed E-state index contributed by atoms with van der Waals surface area (Å²) in [5, 5.41) is 11.5. The maximum Gasteiger partial charge on any atom is 0.328 e. The van der Waals surface area contributed by atoms with Gasteiger partial charge >= 0.3 is 5.97 Å². The van der Waals surface area contributed by atoms with E-state index in [1.165, 1.54) is 0 Å². The van der Waals surface area contributed by atoms with Gasteiger partial charge < -0.3 is 15.2 Å². The SMILES string of the molecule is CCCOc1ccc(NC/C=C/C(=O)O)cc1. The highest BCUT2D eigenvalue weighted by Gasteiger charge is 1.93. The smallest absolute Gasteiger partial charge is 0.328 e. The number of aliphatic carboxylic acids is 1. The predicted molar refractivity (Wildman–Crippen MR) is 67.5 cm³/mol. The minimum Gasteiger partial charge on any atom is -0.494 e. The molecule has 1 aromatic rings. The second kappa shape index (κ2) is 7.33. The summed E-state index contributed by atoms with van der Waals surface area (Å²) >= 11 is 0. The molecule has 0 heterocycles. The van der Waals surface area contributed by atoms with Crippen LogP contribution in [-0.4, -0.2) is 24.2 Å². The Balaban J connectivity index is 2.37. The third-order valence-corrected chi connectivity index (χ3v) is 2.01. The maximum atomic E-state index is 10.2. The quantitative estimate of drug-likeness (QED) is 0.713. The zero-order valence-corrected chi connectivity index (χ0v) is 9.85. The lowest BCUT2D eigenvalue weighted by molar-refractivity contribution is -0.131. The van der Waals surface area contributed by atoms with Crippen molar-refractivity contribution in [1.29, 1.82) is 0 Å². The number of hydrogen-bond acceptors (Lipinski definition) is 3. The van der Waals surface area contributed by atoms with E-state index in [9.17, 15) is 4.79 Å². The number of carboxylic acid groups (broad SMARTS) is 1. The number of ether oxygens (including phenoxy) is 1. The summed E-state index contributed by atoms with van der Waals surface area (Å²) in [5.74, 6) is -0.0893. The second-order valence-corrected chi connectivity index (χ2v) is 3.49. The Morgan fingerprint density at radius 2 is 2.12 bits per heavy atom. The number of hydrogen-bond donors (Lipinski definition) is 2. The number of benzene rings is 1. The lowest BCUT2D eigenvalue weighted by atomic mass is 10.3. The molecule has 0 aliphatic carbocycles. The summed E-state index contributed by atoms with van der Waals surface area (Å²) in [6, 6.07) is 7.58. The maximum absolute atomic E-state index is 10.2. The monoisotopic (exact) mass is 235 g/mol. The van der Waals surface area contributed by atoms with Gasteiger partial charge in [0.15, 0.2) is 0 Å². The third kappa shape index (κ3) is 5.61. The molecule has 0 radical (unpaired) electrons. The van der Waals surface area contributed by atoms with Crippen LogP contribution in [0.25, 0.3) is 0 Å². The Morgan fingerprint density at radius 3 is 2.71 bits per heavy atom. The van der Waals surface area contributed by atoms with Crippen LogP contribution in [0.1, 0.15) is 13.3 Å². The lowest BCUT2D eigenvalue weighted by Crippen LogP contribution is -2.00. The fourth-order valence-electron chi connectivity index (χ4n) is 1.23. The number of nitrogens with one attached hydrogen (secondary N) is 1. The van der Waals surface area contributed by atoms with E-state index in [-0.39, 0.29) is 0 Å². The van der Waals surface area contributed by atoms with Gasteiger partial charge in [0.25, 0.3) is 0 Å². The zero-order valence-electron chi connectivity index (χ0n) is 9.85. The van der Waals surface area contributed by atoms with Crippen molar-refractivity contribution in [2.24, 2.45) is 0 Å². The molecule has 92 valence electrons. The molecule has 4 heteroatoms. The van der Waals surface area contributed by atoms with Crippen LogP contribution >= 0.6 is 0 Å². The Kier molecular flexibility index (Phi) is 5.64. The van der Waals surface area contributed by atoms with E-state index in [1.54, 1.807) is 6.08 Å². The van der Waals surface area contributed by atoms with Gasteiger partial charge in [-0.25, -0.2) is 4.79 Å². The molecule has 0 unspecified atom stereocenters. The molecule has 17 heavy (non-hydrogen) atoms. The first-order valence-electron chi connectivity index (χ1n) is 5.58. The van der Waals surface area contributed by atoms with E-state index < -0.39 is 5.97 Å². The summed E-state index contributed by atoms with van der Waals surface area (Å²) in [4.78, 5) is 10.2. The Labute approximate surface area is 101 Å². The van der Waals surface area contributed by atoms with Gasteiger partial charge in [0.2, 0.25) is 0 Å². The summed E-state index contributed by atoms with van der Waals surface area (Å²) in [7, 11) is 0. The molecular weight excluding hydrogens is 218 g/mol. The summed E-state index contributed by atoms with van der Waals surface area (Å²) < 4.78 is 5.45. The molecule has 0 bridgehead atoms. The number of rotatable bonds is 7. The fraction of sp³-hybridized carbons (Fsp3) is 0.308. The molecule has 0 atom stereocenters. The van der Waals surface area contributed by atoms with Gasteiger partial charge in [0.1, 0.15) is 5.75 Å². The highest BCUT2D eigenvalue weighted by atomic mass is 16.5. The molecule has 1 aromatic carbocycles. The summed E-state index contributed by atoms with van der Waals surface area (Å²) in [6.07, 6.45) is 3.66. The van der Waals surface area contributed by atoms with Gasteiger partial charge in [-0.3, -0.25) is 0 Å². The van der Waals surface area contributed by atoms with Crippen molar-refractivity contribution in [1.82, 2.24) is 0 Å². The topological polar surface area (TPSA) is 58.6 Å². The lowest BCUT2D eigenvalue weighted by Gasteiger charge is -2.06. The van der Waals surface area contributed by atoms with Crippen LogP contribution in [0.15, 0.2) is 36.4 Å². The van der Waals surface area contributed by atoms with Crippen LogP contribution in [0.2, 0.25) is 0 Å². The molecule has 0 aromatic heterocycles. The first kappa shape index (κ1) is 13.1. The number of carboxylic acids is 1. The van der Waals surface area contributed by atoms with Crippen LogP contribution in [0.5, 0.6) is 5.75 Å². The largest absolute Gasteiger partial charge is 0.494 e. The van der Waals surface area contributed by atoms with Crippen molar-refractivity contribution < 1.29 is 14.6 Å². The number of anilines is 1. The van der Waals surface area contributed by atoms with Crippen molar-refractivity contribution in [2.75, 3.05) is 18.5 Å². The van der Waals surface area contributed by atoms with Crippen molar-refractivity contribution in [3.63, 3.8) is 0 Å². The average molecular weight is 235 g/mol. The average Bonchev–Trinajstić information content (AvgIpc) is 2.33. The highest BCUT2D eigenvalue weighted by Crippen LogP contribution is 2.15. The van der Waals surface area contributed by atoms with E-state index in [4.69, 9.17) is 9.84 Å². The molecule has 1 rings (SSSR count). The van der Waals surface area contributed by atoms with Gasteiger partial charge in [-0.2, -0.15) is 0 Å². The van der Waals surface area contributed by atoms with Crippen LogP contribution < -0.4 is 10.1 Å². The Bertz CT molecular complexity index is 371. The molecular formula is C13H17NO3. The molecule has 0 saturated carbocycles. The van der Waals surface area contributed by atoms with E-state index in [1.807, 2.05) is 24.3 Å². The molecule has 0 saturated heterocycles. The van der Waals surface area contributed by atoms with Gasteiger partial charge in [0.05, 0.1) is 6.61 Å². The highest BCUT2D eigenvalue weighted by molar-refractivity contribution is 5.79. The van der Waals surface area contributed by atoms with Gasteiger partial charge in [0, 0.05) is 18.3 Å². The number of carbonyl (C=O) groups is 1. The molecule has 0 amide bonds. The zero-order chi connectivity index (χ0) is 12.5. The third-order valence-electron chi connectivity index (χ3n) is 2.01. The predicted octanol–water partition coefficient (Wildman–Crippen LogP) is 2.53. The van der Waals surface area contributed by atoms with Crippen LogP contribution in [-0.2, 0) is 4.79 Å². The first-order chi connectivity index (χ1) is 8.22. The Hall–Kier alpha value is -1.97. The van der Waals surface area contributed by atoms with Crippen LogP contribution in [0.3, 0.4) is 0 Å². The van der Waals surface area contributed by atoms with Crippen molar-refractivity contribution in [3.05, 3.63) is 36.4 Å². The van der Waals surface area contributed by atoms with E-state index in [0.29, 0.717) is 13.2 Å². The normalized spacial score (nSPS) is 10.4. The minimum absolute atomic E-state index is 0.488. The van der Waals surface area contributed by atoms with E-state index in [0.717, 1.165) is 23.9 Å². The molecule has 0 spiro atoms. The molecule has 2 N–H and O–H groups in total. The van der Waals surface area contributed by atoms with Gasteiger partial charge in [-0.15, -0.1) is 0 Å². The van der Waals surface area contributed by atoms with Crippen molar-refractivity contribution in [3.8, 4) is 5.75 Å². The molecule has 4 nitrogen and oxygen atoms in total. The molecule has 0 aliphatic rings. The van der Waals surface area contributed by atoms with Gasteiger partial charge in [-0.1, -0.05) is 13.0 Å². The van der Waals surface area contributed by atoms with E-state index >= 15 is 0 Å². The molecule has 0 aliphatic heterocycles. The summed E-state index contributed by atoms with van der Waals surface area (Å²) in [6.45, 7) is 3.26. The van der Waals surface area contributed by atoms with Crippen molar-refractivity contribution >= 4 is 11.7 Å². The van der Waals surface area contributed by atoms with E-state index in [2.05, 4.69) is 12.2 Å². The standard InChI is InChI=1S/C13H17NO3/c1-2-10-17-12-7-5-11(6-8-12)14-9-3-4-13(15)16/h3-8,14H,2,9-10H2,1H3,(H,15,16)/b4-3+. The summed E-state index contributed by atoms with van der Waals surface area (Å²) in [5.41, 5.74) is 0.934. The van der Waals surface area contributed by atoms with Crippen molar-refractivity contribution in [2.45, 2.75) is 13.3 Å². The van der Waals surface area contributed by atoms with Gasteiger partial charge in [-0.05, 0) is 30.7 Å². The Morgan fingerprint density at radius 1 is 1.41 bits per heavy atom. The fourth-order valence-corrected chi connectivity index (χ4v) is 1.23. The van der Waals surface area contributed by atoms with Crippen LogP contribution in [0, 0.1) is 0 Å².